The van der Waals surface area contributed by atoms with E-state index in [4.69, 9.17) is 4.74 Å². The van der Waals surface area contributed by atoms with Gasteiger partial charge in [-0.3, -0.25) is 0 Å². The van der Waals surface area contributed by atoms with Crippen molar-refractivity contribution in [3.63, 3.8) is 0 Å². The minimum atomic E-state index is -4.33. The van der Waals surface area contributed by atoms with Crippen LogP contribution in [0.2, 0.25) is 0 Å². The molecule has 0 radical (unpaired) electrons. The van der Waals surface area contributed by atoms with Crippen LogP contribution in [0.15, 0.2) is 29.3 Å². The zero-order chi connectivity index (χ0) is 14.1. The standard InChI is InChI=1S/C14H16F3NO/c1-3-5-12-18-13(2,9-19-12)10-6-4-7-11(8-10)14(15,16)17/h4,6-8H,3,5,9H2,1-2H3. The molecule has 0 fully saturated rings. The number of nitrogens with zero attached hydrogens (tertiary/aromatic N) is 1. The van der Waals surface area contributed by atoms with E-state index < -0.39 is 17.3 Å². The number of aliphatic imine (C=N–C) groups is 1. The van der Waals surface area contributed by atoms with Crippen LogP contribution in [0.25, 0.3) is 0 Å². The SMILES string of the molecule is CCCC1=NC(C)(c2cccc(C(F)(F)F)c2)CO1. The minimum Gasteiger partial charge on any atom is -0.478 e. The summed E-state index contributed by atoms with van der Waals surface area (Å²) in [5, 5.41) is 0. The summed E-state index contributed by atoms with van der Waals surface area (Å²) in [5.74, 6) is 0.627. The number of benzene rings is 1. The third kappa shape index (κ3) is 2.91. The van der Waals surface area contributed by atoms with Gasteiger partial charge in [0.25, 0.3) is 0 Å². The number of ether oxygens (including phenoxy) is 1. The highest BCUT2D eigenvalue weighted by Crippen LogP contribution is 2.35. The van der Waals surface area contributed by atoms with Gasteiger partial charge in [-0.15, -0.1) is 0 Å². The third-order valence-corrected chi connectivity index (χ3v) is 3.17. The fraction of sp³-hybridized carbons (Fsp3) is 0.500. The summed E-state index contributed by atoms with van der Waals surface area (Å²) in [6.45, 7) is 4.10. The van der Waals surface area contributed by atoms with Crippen molar-refractivity contribution in [3.8, 4) is 0 Å². The molecule has 0 amide bonds. The molecule has 0 bridgehead atoms. The number of halogens is 3. The van der Waals surface area contributed by atoms with E-state index in [1.165, 1.54) is 6.07 Å². The Morgan fingerprint density at radius 1 is 1.37 bits per heavy atom. The molecule has 0 saturated heterocycles. The second-order valence-electron chi connectivity index (χ2n) is 4.90. The maximum Gasteiger partial charge on any atom is 0.416 e. The van der Waals surface area contributed by atoms with Gasteiger partial charge in [0.05, 0.1) is 5.56 Å². The van der Waals surface area contributed by atoms with Crippen LogP contribution < -0.4 is 0 Å². The molecule has 2 rings (SSSR count). The highest BCUT2D eigenvalue weighted by Gasteiger charge is 2.36. The van der Waals surface area contributed by atoms with Crippen LogP contribution in [0.1, 0.15) is 37.8 Å². The van der Waals surface area contributed by atoms with Crippen molar-refractivity contribution in [3.05, 3.63) is 35.4 Å². The van der Waals surface area contributed by atoms with Crippen molar-refractivity contribution < 1.29 is 17.9 Å². The van der Waals surface area contributed by atoms with Gasteiger partial charge in [0, 0.05) is 6.42 Å². The van der Waals surface area contributed by atoms with Gasteiger partial charge < -0.3 is 4.74 Å². The highest BCUT2D eigenvalue weighted by molar-refractivity contribution is 5.78. The van der Waals surface area contributed by atoms with E-state index in [1.807, 2.05) is 6.92 Å². The molecule has 1 atom stereocenters. The number of hydrogen-bond acceptors (Lipinski definition) is 2. The summed E-state index contributed by atoms with van der Waals surface area (Å²) < 4.78 is 43.6. The van der Waals surface area contributed by atoms with Gasteiger partial charge in [0.2, 0.25) is 0 Å². The maximum absolute atomic E-state index is 12.7. The van der Waals surface area contributed by atoms with Gasteiger partial charge in [0.15, 0.2) is 5.90 Å². The Balaban J connectivity index is 2.32. The molecule has 104 valence electrons. The molecule has 2 nitrogen and oxygen atoms in total. The Morgan fingerprint density at radius 2 is 2.11 bits per heavy atom. The lowest BCUT2D eigenvalue weighted by molar-refractivity contribution is -0.137. The second kappa shape index (κ2) is 4.87. The highest BCUT2D eigenvalue weighted by atomic mass is 19.4. The van der Waals surface area contributed by atoms with Crippen LogP contribution >= 0.6 is 0 Å². The molecule has 19 heavy (non-hydrogen) atoms. The molecule has 1 aliphatic heterocycles. The van der Waals surface area contributed by atoms with E-state index in [0.29, 0.717) is 24.5 Å². The van der Waals surface area contributed by atoms with E-state index in [-0.39, 0.29) is 0 Å². The molecule has 0 spiro atoms. The Labute approximate surface area is 110 Å². The summed E-state index contributed by atoms with van der Waals surface area (Å²) in [6, 6.07) is 5.30. The Morgan fingerprint density at radius 3 is 2.74 bits per heavy atom. The third-order valence-electron chi connectivity index (χ3n) is 3.17. The van der Waals surface area contributed by atoms with Crippen molar-refractivity contribution in [2.24, 2.45) is 4.99 Å². The van der Waals surface area contributed by atoms with Gasteiger partial charge in [-0.1, -0.05) is 19.1 Å². The average molecular weight is 271 g/mol. The molecule has 1 aromatic carbocycles. The van der Waals surface area contributed by atoms with Gasteiger partial charge in [0.1, 0.15) is 12.1 Å². The molecular formula is C14H16F3NO. The fourth-order valence-electron chi connectivity index (χ4n) is 2.08. The Kier molecular flexibility index (Phi) is 3.56. The summed E-state index contributed by atoms with van der Waals surface area (Å²) in [6.07, 6.45) is -2.71. The maximum atomic E-state index is 12.7. The quantitative estimate of drug-likeness (QED) is 0.809. The molecule has 0 aliphatic carbocycles. The van der Waals surface area contributed by atoms with E-state index in [0.717, 1.165) is 18.6 Å². The van der Waals surface area contributed by atoms with Crippen LogP contribution in [0.5, 0.6) is 0 Å². The summed E-state index contributed by atoms with van der Waals surface area (Å²) in [7, 11) is 0. The first kappa shape index (κ1) is 13.9. The fourth-order valence-corrected chi connectivity index (χ4v) is 2.08. The molecular weight excluding hydrogens is 255 g/mol. The van der Waals surface area contributed by atoms with Gasteiger partial charge >= 0.3 is 6.18 Å². The zero-order valence-corrected chi connectivity index (χ0v) is 10.9. The zero-order valence-electron chi connectivity index (χ0n) is 10.9. The van der Waals surface area contributed by atoms with Crippen LogP contribution in [0.4, 0.5) is 13.2 Å². The largest absolute Gasteiger partial charge is 0.478 e. The number of hydrogen-bond donors (Lipinski definition) is 0. The van der Waals surface area contributed by atoms with E-state index in [2.05, 4.69) is 4.99 Å². The van der Waals surface area contributed by atoms with E-state index in [9.17, 15) is 13.2 Å². The number of rotatable bonds is 3. The van der Waals surface area contributed by atoms with Crippen molar-refractivity contribution in [2.45, 2.75) is 38.4 Å². The lowest BCUT2D eigenvalue weighted by atomic mass is 9.92. The Hall–Kier alpha value is -1.52. The summed E-state index contributed by atoms with van der Waals surface area (Å²) in [5.41, 5.74) is -0.829. The normalized spacial score (nSPS) is 23.1. The minimum absolute atomic E-state index is 0.295. The summed E-state index contributed by atoms with van der Waals surface area (Å²) in [4.78, 5) is 4.43. The van der Waals surface area contributed by atoms with Crippen molar-refractivity contribution in [1.29, 1.82) is 0 Å². The van der Waals surface area contributed by atoms with Crippen LogP contribution in [-0.4, -0.2) is 12.5 Å². The lowest BCUT2D eigenvalue weighted by Crippen LogP contribution is -2.21. The molecule has 0 aromatic heterocycles. The average Bonchev–Trinajstić information content (AvgIpc) is 2.72. The van der Waals surface area contributed by atoms with Crippen molar-refractivity contribution >= 4 is 5.90 Å². The van der Waals surface area contributed by atoms with Gasteiger partial charge in [-0.2, -0.15) is 13.2 Å². The molecule has 5 heteroatoms. The predicted molar refractivity (Wildman–Crippen MR) is 67.1 cm³/mol. The predicted octanol–water partition coefficient (Wildman–Crippen LogP) is 4.15. The lowest BCUT2D eigenvalue weighted by Gasteiger charge is -2.20. The monoisotopic (exact) mass is 271 g/mol. The molecule has 0 saturated carbocycles. The van der Waals surface area contributed by atoms with Crippen molar-refractivity contribution in [2.75, 3.05) is 6.61 Å². The van der Waals surface area contributed by atoms with Crippen LogP contribution in [-0.2, 0) is 16.5 Å². The number of alkyl halides is 3. The molecule has 1 aliphatic rings. The molecule has 1 unspecified atom stereocenters. The van der Waals surface area contributed by atoms with Gasteiger partial charge in [-0.05, 0) is 31.0 Å². The van der Waals surface area contributed by atoms with Crippen molar-refractivity contribution in [1.82, 2.24) is 0 Å². The Bertz CT molecular complexity index is 496. The first-order chi connectivity index (χ1) is 8.85. The van der Waals surface area contributed by atoms with Crippen LogP contribution in [0, 0.1) is 0 Å². The molecule has 1 aromatic rings. The van der Waals surface area contributed by atoms with E-state index >= 15 is 0 Å². The smallest absolute Gasteiger partial charge is 0.416 e. The first-order valence-corrected chi connectivity index (χ1v) is 6.24. The topological polar surface area (TPSA) is 21.6 Å². The van der Waals surface area contributed by atoms with Gasteiger partial charge in [-0.25, -0.2) is 4.99 Å². The summed E-state index contributed by atoms with van der Waals surface area (Å²) >= 11 is 0. The first-order valence-electron chi connectivity index (χ1n) is 6.24. The van der Waals surface area contributed by atoms with Crippen LogP contribution in [0.3, 0.4) is 0 Å². The van der Waals surface area contributed by atoms with E-state index in [1.54, 1.807) is 13.0 Å². The molecule has 1 heterocycles. The second-order valence-corrected chi connectivity index (χ2v) is 4.90. The molecule has 0 N–H and O–H groups in total.